The van der Waals surface area contributed by atoms with Crippen molar-refractivity contribution < 1.29 is 4.74 Å². The molecule has 0 spiro atoms. The van der Waals surface area contributed by atoms with Crippen molar-refractivity contribution in [3.8, 4) is 22.8 Å². The summed E-state index contributed by atoms with van der Waals surface area (Å²) in [5, 5.41) is 8.41. The summed E-state index contributed by atoms with van der Waals surface area (Å²) in [4.78, 5) is 3.27. The third-order valence-electron chi connectivity index (χ3n) is 3.81. The van der Waals surface area contributed by atoms with E-state index in [1.807, 2.05) is 53.2 Å². The lowest BCUT2D eigenvalue weighted by molar-refractivity contribution is 0.414. The molecule has 2 aromatic carbocycles. The van der Waals surface area contributed by atoms with E-state index in [0.717, 1.165) is 33.7 Å². The molecule has 2 heterocycles. The minimum absolute atomic E-state index is 0.540. The fourth-order valence-electron chi connectivity index (χ4n) is 2.72. The summed E-state index contributed by atoms with van der Waals surface area (Å²) in [6, 6.07) is 15.9. The summed E-state index contributed by atoms with van der Waals surface area (Å²) in [5.74, 6) is 1.54. The molecule has 6 heteroatoms. The van der Waals surface area contributed by atoms with Gasteiger partial charge in [0.15, 0.2) is 10.6 Å². The van der Waals surface area contributed by atoms with Crippen LogP contribution in [0, 0.1) is 4.77 Å². The molecule has 114 valence electrons. The Hall–Kier alpha value is -2.86. The molecular formula is C17H14N4OS. The molecule has 2 aromatic heterocycles. The predicted molar refractivity (Wildman–Crippen MR) is 92.6 cm³/mol. The Bertz CT molecular complexity index is 1040. The van der Waals surface area contributed by atoms with Gasteiger partial charge in [-0.15, -0.1) is 0 Å². The molecule has 0 aliphatic carbocycles. The number of aromatic amines is 2. The van der Waals surface area contributed by atoms with E-state index in [4.69, 9.17) is 17.0 Å². The third kappa shape index (κ3) is 2.24. The Labute approximate surface area is 137 Å². The van der Waals surface area contributed by atoms with Gasteiger partial charge < -0.3 is 9.72 Å². The number of nitrogens with one attached hydrogen (secondary N) is 2. The fourth-order valence-corrected chi connectivity index (χ4v) is 2.96. The van der Waals surface area contributed by atoms with Crippen molar-refractivity contribution in [3.05, 3.63) is 59.5 Å². The van der Waals surface area contributed by atoms with Gasteiger partial charge in [-0.1, -0.05) is 24.3 Å². The number of aromatic nitrogens is 4. The smallest absolute Gasteiger partial charge is 0.200 e. The standard InChI is InChI=1S/C17H14N4OS/c1-22-12-6-4-5-11(9-12)21-16(19-20-17(21)23)14-10-18-15-8-3-2-7-13(14)15/h2-10,18H,1H3,(H,20,23). The Morgan fingerprint density at radius 3 is 2.87 bits per heavy atom. The van der Waals surface area contributed by atoms with E-state index in [-0.39, 0.29) is 0 Å². The highest BCUT2D eigenvalue weighted by atomic mass is 32.1. The third-order valence-corrected chi connectivity index (χ3v) is 4.09. The lowest BCUT2D eigenvalue weighted by Gasteiger charge is -2.08. The van der Waals surface area contributed by atoms with Crippen LogP contribution in [-0.4, -0.2) is 26.9 Å². The lowest BCUT2D eigenvalue weighted by atomic mass is 10.1. The van der Waals surface area contributed by atoms with Crippen LogP contribution >= 0.6 is 12.2 Å². The van der Waals surface area contributed by atoms with Gasteiger partial charge >= 0.3 is 0 Å². The summed E-state index contributed by atoms with van der Waals surface area (Å²) in [6.07, 6.45) is 1.95. The summed E-state index contributed by atoms with van der Waals surface area (Å²) < 4.78 is 7.76. The number of para-hydroxylation sites is 1. The van der Waals surface area contributed by atoms with E-state index in [9.17, 15) is 0 Å². The molecule has 0 unspecified atom stereocenters. The Morgan fingerprint density at radius 1 is 1.13 bits per heavy atom. The van der Waals surface area contributed by atoms with Crippen molar-refractivity contribution in [1.29, 1.82) is 0 Å². The minimum Gasteiger partial charge on any atom is -0.497 e. The molecule has 0 aliphatic rings. The largest absolute Gasteiger partial charge is 0.497 e. The maximum absolute atomic E-state index is 5.42. The molecule has 0 fully saturated rings. The fraction of sp³-hybridized carbons (Fsp3) is 0.0588. The van der Waals surface area contributed by atoms with Crippen LogP contribution < -0.4 is 4.74 Å². The summed E-state index contributed by atoms with van der Waals surface area (Å²) >= 11 is 5.42. The Kier molecular flexibility index (Phi) is 3.24. The van der Waals surface area contributed by atoms with Crippen LogP contribution in [0.1, 0.15) is 0 Å². The first-order valence-corrected chi connectivity index (χ1v) is 7.57. The zero-order chi connectivity index (χ0) is 15.8. The number of fused-ring (bicyclic) bond motifs is 1. The molecule has 0 aliphatic heterocycles. The zero-order valence-electron chi connectivity index (χ0n) is 12.4. The van der Waals surface area contributed by atoms with Crippen molar-refractivity contribution in [1.82, 2.24) is 19.7 Å². The van der Waals surface area contributed by atoms with E-state index in [1.54, 1.807) is 7.11 Å². The molecule has 2 N–H and O–H groups in total. The number of methoxy groups -OCH3 is 1. The number of nitrogens with zero attached hydrogens (tertiary/aromatic N) is 2. The highest BCUT2D eigenvalue weighted by Gasteiger charge is 2.15. The van der Waals surface area contributed by atoms with Gasteiger partial charge in [-0.2, -0.15) is 5.10 Å². The topological polar surface area (TPSA) is 58.6 Å². The number of ether oxygens (including phenoxy) is 1. The van der Waals surface area contributed by atoms with Crippen molar-refractivity contribution in [3.63, 3.8) is 0 Å². The second kappa shape index (κ2) is 5.40. The first-order chi connectivity index (χ1) is 11.3. The lowest BCUT2D eigenvalue weighted by Crippen LogP contribution is -1.98. The second-order valence-corrected chi connectivity index (χ2v) is 5.52. The van der Waals surface area contributed by atoms with Crippen LogP contribution in [0.2, 0.25) is 0 Å². The number of hydrogen-bond donors (Lipinski definition) is 2. The molecular weight excluding hydrogens is 308 g/mol. The van der Waals surface area contributed by atoms with Gasteiger partial charge in [-0.3, -0.25) is 9.67 Å². The van der Waals surface area contributed by atoms with Crippen molar-refractivity contribution in [2.75, 3.05) is 7.11 Å². The summed E-state index contributed by atoms with van der Waals surface area (Å²) in [5.41, 5.74) is 2.97. The van der Waals surface area contributed by atoms with E-state index >= 15 is 0 Å². The Balaban J connectivity index is 1.96. The van der Waals surface area contributed by atoms with E-state index < -0.39 is 0 Å². The molecule has 0 saturated carbocycles. The monoisotopic (exact) mass is 322 g/mol. The van der Waals surface area contributed by atoms with Gasteiger partial charge in [0.1, 0.15) is 5.75 Å². The quantitative estimate of drug-likeness (QED) is 0.559. The van der Waals surface area contributed by atoms with Crippen LogP contribution in [0.4, 0.5) is 0 Å². The predicted octanol–water partition coefficient (Wildman–Crippen LogP) is 4.09. The van der Waals surface area contributed by atoms with Gasteiger partial charge in [0.05, 0.1) is 12.8 Å². The highest BCUT2D eigenvalue weighted by Crippen LogP contribution is 2.29. The average molecular weight is 322 g/mol. The summed E-state index contributed by atoms with van der Waals surface area (Å²) in [6.45, 7) is 0. The SMILES string of the molecule is COc1cccc(-n2c(-c3c[nH]c4ccccc34)n[nH]c2=S)c1. The van der Waals surface area contributed by atoms with E-state index in [2.05, 4.69) is 21.2 Å². The van der Waals surface area contributed by atoms with E-state index in [1.165, 1.54) is 0 Å². The van der Waals surface area contributed by atoms with Crippen LogP contribution in [-0.2, 0) is 0 Å². The molecule has 0 radical (unpaired) electrons. The van der Waals surface area contributed by atoms with Gasteiger partial charge in [0.25, 0.3) is 0 Å². The number of hydrogen-bond acceptors (Lipinski definition) is 3. The normalized spacial score (nSPS) is 11.0. The number of benzene rings is 2. The van der Waals surface area contributed by atoms with Crippen LogP contribution in [0.3, 0.4) is 0 Å². The zero-order valence-corrected chi connectivity index (χ0v) is 13.2. The highest BCUT2D eigenvalue weighted by molar-refractivity contribution is 7.71. The van der Waals surface area contributed by atoms with Gasteiger partial charge in [-0.25, -0.2) is 0 Å². The molecule has 0 bridgehead atoms. The molecule has 5 nitrogen and oxygen atoms in total. The van der Waals surface area contributed by atoms with Crippen molar-refractivity contribution in [2.45, 2.75) is 0 Å². The molecule has 0 saturated heterocycles. The second-order valence-electron chi connectivity index (χ2n) is 5.14. The maximum Gasteiger partial charge on any atom is 0.200 e. The minimum atomic E-state index is 0.540. The molecule has 0 atom stereocenters. The van der Waals surface area contributed by atoms with Crippen molar-refractivity contribution in [2.24, 2.45) is 0 Å². The molecule has 4 aromatic rings. The number of rotatable bonds is 3. The maximum atomic E-state index is 5.42. The average Bonchev–Trinajstić information content (AvgIpc) is 3.18. The molecule has 0 amide bonds. The van der Waals surface area contributed by atoms with Crippen LogP contribution in [0.5, 0.6) is 5.75 Å². The molecule has 23 heavy (non-hydrogen) atoms. The van der Waals surface area contributed by atoms with E-state index in [0.29, 0.717) is 4.77 Å². The first-order valence-electron chi connectivity index (χ1n) is 7.16. The Morgan fingerprint density at radius 2 is 2.00 bits per heavy atom. The first kappa shape index (κ1) is 13.8. The van der Waals surface area contributed by atoms with Gasteiger partial charge in [-0.05, 0) is 30.4 Å². The van der Waals surface area contributed by atoms with Crippen LogP contribution in [0.15, 0.2) is 54.7 Å². The van der Waals surface area contributed by atoms with Gasteiger partial charge in [0, 0.05) is 28.7 Å². The van der Waals surface area contributed by atoms with Crippen molar-refractivity contribution >= 4 is 23.1 Å². The number of H-pyrrole nitrogens is 2. The summed E-state index contributed by atoms with van der Waals surface area (Å²) in [7, 11) is 1.65. The molecule has 4 rings (SSSR count). The van der Waals surface area contributed by atoms with Gasteiger partial charge in [0.2, 0.25) is 0 Å². The van der Waals surface area contributed by atoms with Crippen LogP contribution in [0.25, 0.3) is 28.0 Å².